The van der Waals surface area contributed by atoms with Crippen molar-refractivity contribution in [2.75, 3.05) is 13.2 Å². The van der Waals surface area contributed by atoms with Gasteiger partial charge in [0.1, 0.15) is 13.2 Å². The van der Waals surface area contributed by atoms with Crippen molar-refractivity contribution in [1.82, 2.24) is 0 Å². The van der Waals surface area contributed by atoms with Crippen LogP contribution in [0.1, 0.15) is 265 Å². The summed E-state index contributed by atoms with van der Waals surface area (Å²) in [7, 11) is 0. The van der Waals surface area contributed by atoms with Gasteiger partial charge in [-0.15, -0.1) is 0 Å². The molecule has 0 fully saturated rings. The Morgan fingerprint density at radius 1 is 0.273 bits per heavy atom. The predicted molar refractivity (Wildman–Crippen MR) is 334 cm³/mol. The molecule has 1 atom stereocenters. The van der Waals surface area contributed by atoms with Gasteiger partial charge in [0.15, 0.2) is 6.10 Å². The van der Waals surface area contributed by atoms with Crippen molar-refractivity contribution in [2.24, 2.45) is 0 Å². The molecule has 1 unspecified atom stereocenters. The van der Waals surface area contributed by atoms with Gasteiger partial charge in [-0.05, 0) is 116 Å². The maximum absolute atomic E-state index is 12.9. The number of esters is 3. The summed E-state index contributed by atoms with van der Waals surface area (Å²) in [5.74, 6) is -1.00. The zero-order chi connectivity index (χ0) is 55.7. The van der Waals surface area contributed by atoms with Crippen molar-refractivity contribution >= 4 is 17.9 Å². The van der Waals surface area contributed by atoms with Crippen LogP contribution in [0.5, 0.6) is 0 Å². The second-order valence-corrected chi connectivity index (χ2v) is 20.2. The van der Waals surface area contributed by atoms with Crippen molar-refractivity contribution in [3.05, 3.63) is 146 Å². The summed E-state index contributed by atoms with van der Waals surface area (Å²) in [6, 6.07) is 0. The average Bonchev–Trinajstić information content (AvgIpc) is 3.43. The molecule has 0 aliphatic carbocycles. The SMILES string of the molecule is CC/C=C\C/C=C\C/C=C\C/C=C\C/C=C\C/C=C\C/C=C\C/C=C\C/C=C\CCCC(=O)OCC(COC(=O)CCCCC/C=C\C/C=C\C/C=C\CC)OC(=O)CCCCCCCCCCCCCCCCCCC. The Morgan fingerprint density at radius 2 is 0.519 bits per heavy atom. The molecule has 0 amide bonds. The molecule has 0 bridgehead atoms. The average molecular weight is 1060 g/mol. The van der Waals surface area contributed by atoms with Crippen molar-refractivity contribution in [1.29, 1.82) is 0 Å². The molecule has 0 aliphatic rings. The van der Waals surface area contributed by atoms with Crippen LogP contribution < -0.4 is 0 Å². The highest BCUT2D eigenvalue weighted by Gasteiger charge is 2.19. The molecule has 6 heteroatoms. The second-order valence-electron chi connectivity index (χ2n) is 20.2. The molecular weight excluding hydrogens is 949 g/mol. The van der Waals surface area contributed by atoms with Crippen LogP contribution in [0.3, 0.4) is 0 Å². The van der Waals surface area contributed by atoms with E-state index in [1.165, 1.54) is 89.9 Å². The van der Waals surface area contributed by atoms with Gasteiger partial charge in [-0.25, -0.2) is 0 Å². The van der Waals surface area contributed by atoms with Crippen molar-refractivity contribution in [2.45, 2.75) is 271 Å². The Bertz CT molecular complexity index is 1700. The minimum atomic E-state index is -0.818. The smallest absolute Gasteiger partial charge is 0.306 e. The number of hydrogen-bond acceptors (Lipinski definition) is 6. The van der Waals surface area contributed by atoms with Crippen LogP contribution in [-0.4, -0.2) is 37.2 Å². The quantitative estimate of drug-likeness (QED) is 0.0261. The van der Waals surface area contributed by atoms with E-state index >= 15 is 0 Å². The molecule has 6 nitrogen and oxygen atoms in total. The van der Waals surface area contributed by atoms with E-state index in [9.17, 15) is 14.4 Å². The number of carbonyl (C=O) groups excluding carboxylic acids is 3. The Balaban J connectivity index is 4.45. The van der Waals surface area contributed by atoms with E-state index in [0.717, 1.165) is 128 Å². The van der Waals surface area contributed by atoms with Crippen LogP contribution in [0.4, 0.5) is 0 Å². The first-order valence-corrected chi connectivity index (χ1v) is 31.3. The summed E-state index contributed by atoms with van der Waals surface area (Å²) >= 11 is 0. The molecule has 0 aliphatic heterocycles. The highest BCUT2D eigenvalue weighted by Crippen LogP contribution is 2.15. The summed E-state index contributed by atoms with van der Waals surface area (Å²) in [6.07, 6.45) is 91.5. The van der Waals surface area contributed by atoms with E-state index in [-0.39, 0.29) is 37.5 Å². The van der Waals surface area contributed by atoms with Crippen LogP contribution >= 0.6 is 0 Å². The first-order valence-electron chi connectivity index (χ1n) is 31.3. The number of allylic oxidation sites excluding steroid dienone is 24. The fourth-order valence-electron chi connectivity index (χ4n) is 8.22. The molecule has 0 aromatic carbocycles. The molecule has 434 valence electrons. The lowest BCUT2D eigenvalue weighted by atomic mass is 10.0. The van der Waals surface area contributed by atoms with Crippen LogP contribution in [0.25, 0.3) is 0 Å². The van der Waals surface area contributed by atoms with E-state index in [4.69, 9.17) is 14.2 Å². The van der Waals surface area contributed by atoms with Crippen molar-refractivity contribution in [3.8, 4) is 0 Å². The number of carbonyl (C=O) groups is 3. The maximum atomic E-state index is 12.9. The van der Waals surface area contributed by atoms with E-state index in [1.54, 1.807) is 0 Å². The molecule has 0 spiro atoms. The maximum Gasteiger partial charge on any atom is 0.306 e. The van der Waals surface area contributed by atoms with Gasteiger partial charge >= 0.3 is 17.9 Å². The summed E-state index contributed by atoms with van der Waals surface area (Å²) < 4.78 is 16.8. The fourth-order valence-corrected chi connectivity index (χ4v) is 8.22. The Hall–Kier alpha value is -4.71. The molecular formula is C71H114O6. The lowest BCUT2D eigenvalue weighted by Crippen LogP contribution is -2.30. The van der Waals surface area contributed by atoms with Crippen LogP contribution in [0.2, 0.25) is 0 Å². The van der Waals surface area contributed by atoms with Crippen LogP contribution in [0.15, 0.2) is 146 Å². The summed E-state index contributed by atoms with van der Waals surface area (Å²) in [5.41, 5.74) is 0. The molecule has 0 heterocycles. The minimum absolute atomic E-state index is 0.114. The summed E-state index contributed by atoms with van der Waals surface area (Å²) in [4.78, 5) is 38.2. The van der Waals surface area contributed by atoms with Gasteiger partial charge in [0.05, 0.1) is 0 Å². The molecule has 0 aromatic heterocycles. The molecule has 0 saturated heterocycles. The topological polar surface area (TPSA) is 78.9 Å². The van der Waals surface area contributed by atoms with Gasteiger partial charge in [0.2, 0.25) is 0 Å². The number of unbranched alkanes of at least 4 members (excludes halogenated alkanes) is 20. The highest BCUT2D eigenvalue weighted by atomic mass is 16.6. The van der Waals surface area contributed by atoms with E-state index < -0.39 is 6.10 Å². The van der Waals surface area contributed by atoms with E-state index in [0.29, 0.717) is 19.3 Å². The first-order chi connectivity index (χ1) is 38.0. The van der Waals surface area contributed by atoms with Crippen LogP contribution in [0, 0.1) is 0 Å². The zero-order valence-corrected chi connectivity index (χ0v) is 49.7. The monoisotopic (exact) mass is 1060 g/mol. The minimum Gasteiger partial charge on any atom is -0.462 e. The molecule has 77 heavy (non-hydrogen) atoms. The number of hydrogen-bond donors (Lipinski definition) is 0. The fraction of sp³-hybridized carbons (Fsp3) is 0.620. The highest BCUT2D eigenvalue weighted by molar-refractivity contribution is 5.71. The van der Waals surface area contributed by atoms with Gasteiger partial charge in [0.25, 0.3) is 0 Å². The standard InChI is InChI=1S/C71H114O6/c1-4-7-10-13-16-19-22-25-27-29-30-31-32-33-34-35-36-37-38-39-40-42-43-46-49-52-55-58-61-64-70(73)76-67-68(66-75-69(72)63-60-57-54-51-48-45-24-21-18-15-12-9-6-3)77-71(74)65-62-59-56-53-50-47-44-41-28-26-23-20-17-14-11-8-5-2/h7,9-10,12,16,18-19,21,25,27,30-31,33-34,36-37,39-40,43,45-46,48,52,55,68H,4-6,8,11,13-15,17,20,22-24,26,28-29,32,35,38,41-42,44,47,49-51,53-54,56-67H2,1-3H3/b10-7-,12-9-,19-16-,21-18-,27-25-,31-30-,34-33-,37-36-,40-39-,46-43-,48-45-,55-52-. The van der Waals surface area contributed by atoms with Gasteiger partial charge in [-0.3, -0.25) is 14.4 Å². The zero-order valence-electron chi connectivity index (χ0n) is 49.7. The third-order valence-electron chi connectivity index (χ3n) is 12.8. The van der Waals surface area contributed by atoms with Crippen LogP contribution in [-0.2, 0) is 28.6 Å². The van der Waals surface area contributed by atoms with E-state index in [2.05, 4.69) is 167 Å². The molecule has 0 rings (SSSR count). The van der Waals surface area contributed by atoms with Gasteiger partial charge in [-0.2, -0.15) is 0 Å². The first kappa shape index (κ1) is 72.3. The third-order valence-corrected chi connectivity index (χ3v) is 12.8. The summed E-state index contributed by atoms with van der Waals surface area (Å²) in [5, 5.41) is 0. The lowest BCUT2D eigenvalue weighted by molar-refractivity contribution is -0.167. The Morgan fingerprint density at radius 3 is 0.844 bits per heavy atom. The molecule has 0 radical (unpaired) electrons. The van der Waals surface area contributed by atoms with Gasteiger partial charge in [0, 0.05) is 19.3 Å². The van der Waals surface area contributed by atoms with Crippen molar-refractivity contribution in [3.63, 3.8) is 0 Å². The van der Waals surface area contributed by atoms with Gasteiger partial charge < -0.3 is 14.2 Å². The predicted octanol–water partition coefficient (Wildman–Crippen LogP) is 21.5. The number of rotatable bonds is 55. The third kappa shape index (κ3) is 62.0. The molecule has 0 aromatic rings. The Labute approximate surface area is 474 Å². The second kappa shape index (κ2) is 63.8. The largest absolute Gasteiger partial charge is 0.462 e. The molecule has 0 saturated carbocycles. The Kier molecular flexibility index (Phi) is 59.9. The van der Waals surface area contributed by atoms with E-state index in [1.807, 2.05) is 0 Å². The van der Waals surface area contributed by atoms with Crippen molar-refractivity contribution < 1.29 is 28.6 Å². The molecule has 0 N–H and O–H groups in total. The normalized spacial score (nSPS) is 13.1. The number of ether oxygens (including phenoxy) is 3. The summed E-state index contributed by atoms with van der Waals surface area (Å²) in [6.45, 7) is 6.34. The lowest BCUT2D eigenvalue weighted by Gasteiger charge is -2.18. The van der Waals surface area contributed by atoms with Gasteiger partial charge in [-0.1, -0.05) is 276 Å².